The van der Waals surface area contributed by atoms with Gasteiger partial charge in [-0.3, -0.25) is 9.52 Å². The van der Waals surface area contributed by atoms with Crippen LogP contribution in [0.3, 0.4) is 0 Å². The largest absolute Gasteiger partial charge is 0.487 e. The number of thiophene rings is 1. The van der Waals surface area contributed by atoms with Crippen LogP contribution in [0.4, 0.5) is 16.2 Å². The molecular weight excluding hydrogens is 558 g/mol. The minimum atomic E-state index is -3.84. The Bertz CT molecular complexity index is 1450. The Hall–Kier alpha value is -3.62. The molecule has 0 bridgehead atoms. The van der Waals surface area contributed by atoms with Crippen molar-refractivity contribution in [3.05, 3.63) is 52.7 Å². The normalized spacial score (nSPS) is 18.2. The second kappa shape index (κ2) is 11.9. The van der Waals surface area contributed by atoms with Gasteiger partial charge in [0, 0.05) is 25.2 Å². The fraction of sp³-hybridized carbons (Fsp3) is 0.423. The molecule has 1 aliphatic heterocycles. The van der Waals surface area contributed by atoms with Crippen LogP contribution in [0.15, 0.2) is 44.4 Å². The number of amides is 3. The summed E-state index contributed by atoms with van der Waals surface area (Å²) in [5.74, 6) is 0.109. The van der Waals surface area contributed by atoms with Crippen molar-refractivity contribution in [3.63, 3.8) is 0 Å². The van der Waals surface area contributed by atoms with Crippen LogP contribution >= 0.6 is 11.3 Å². The molecule has 14 heteroatoms. The molecule has 0 unspecified atom stereocenters. The third-order valence-electron chi connectivity index (χ3n) is 6.74. The number of anilines is 2. The summed E-state index contributed by atoms with van der Waals surface area (Å²) in [6, 6.07) is 6.73. The van der Waals surface area contributed by atoms with Crippen LogP contribution in [0.25, 0.3) is 0 Å². The zero-order valence-electron chi connectivity index (χ0n) is 22.9. The molecule has 0 saturated heterocycles. The van der Waals surface area contributed by atoms with Crippen molar-refractivity contribution in [2.75, 3.05) is 36.8 Å². The van der Waals surface area contributed by atoms with E-state index < -0.39 is 28.1 Å². The number of rotatable bonds is 8. The molecule has 0 saturated carbocycles. The third-order valence-corrected chi connectivity index (χ3v) is 9.52. The minimum Gasteiger partial charge on any atom is -0.487 e. The fourth-order valence-corrected chi connectivity index (χ4v) is 6.38. The summed E-state index contributed by atoms with van der Waals surface area (Å²) in [6.07, 6.45) is -0.533. The average Bonchev–Trinajstić information content (AvgIpc) is 3.57. The molecule has 3 heterocycles. The highest BCUT2D eigenvalue weighted by molar-refractivity contribution is 7.94. The lowest BCUT2D eigenvalue weighted by Crippen LogP contribution is -2.50. The van der Waals surface area contributed by atoms with Gasteiger partial charge in [-0.25, -0.2) is 13.2 Å². The lowest BCUT2D eigenvalue weighted by Gasteiger charge is -2.38. The first-order chi connectivity index (χ1) is 18.9. The molecule has 2 aromatic heterocycles. The third kappa shape index (κ3) is 6.24. The van der Waals surface area contributed by atoms with E-state index in [1.165, 1.54) is 29.2 Å². The summed E-state index contributed by atoms with van der Waals surface area (Å²) in [4.78, 5) is 29.6. The zero-order chi connectivity index (χ0) is 29.2. The second-order valence-corrected chi connectivity index (χ2v) is 12.7. The number of carbonyl (C=O) groups excluding carboxylic acids is 2. The van der Waals surface area contributed by atoms with Gasteiger partial charge in [-0.1, -0.05) is 18.1 Å². The number of ether oxygens (including phenoxy) is 1. The SMILES string of the molecule is Cc1noc(C)c1NC(=O)N(C)C[C@@H]1Oc2ccc(NS(=O)(=O)c3cccs3)cc2C(=O)N([C@@H](C)CO)C[C@H]1C. The number of aromatic nitrogens is 1. The molecule has 216 valence electrons. The Balaban J connectivity index is 1.62. The maximum atomic E-state index is 13.6. The lowest BCUT2D eigenvalue weighted by molar-refractivity contribution is 0.0371. The van der Waals surface area contributed by atoms with Gasteiger partial charge in [0.2, 0.25) is 0 Å². The molecule has 3 aromatic rings. The van der Waals surface area contributed by atoms with Gasteiger partial charge in [-0.2, -0.15) is 0 Å². The second-order valence-electron chi connectivity index (χ2n) is 9.88. The molecule has 4 rings (SSSR count). The van der Waals surface area contributed by atoms with E-state index in [0.717, 1.165) is 11.3 Å². The molecule has 0 aliphatic carbocycles. The van der Waals surface area contributed by atoms with Gasteiger partial charge in [0.25, 0.3) is 15.9 Å². The molecular formula is C26H33N5O7S2. The number of fused-ring (bicyclic) bond motifs is 1. The van der Waals surface area contributed by atoms with E-state index in [0.29, 0.717) is 17.1 Å². The Labute approximate surface area is 237 Å². The number of carbonyl (C=O) groups is 2. The topological polar surface area (TPSA) is 154 Å². The smallest absolute Gasteiger partial charge is 0.321 e. The van der Waals surface area contributed by atoms with Crippen molar-refractivity contribution in [1.82, 2.24) is 15.0 Å². The van der Waals surface area contributed by atoms with E-state index in [2.05, 4.69) is 15.2 Å². The first-order valence-electron chi connectivity index (χ1n) is 12.6. The van der Waals surface area contributed by atoms with Gasteiger partial charge in [0.05, 0.1) is 24.8 Å². The molecule has 1 aromatic carbocycles. The lowest BCUT2D eigenvalue weighted by atomic mass is 9.99. The Morgan fingerprint density at radius 3 is 2.70 bits per heavy atom. The van der Waals surface area contributed by atoms with E-state index >= 15 is 0 Å². The first-order valence-corrected chi connectivity index (χ1v) is 15.0. The maximum absolute atomic E-state index is 13.6. The summed E-state index contributed by atoms with van der Waals surface area (Å²) in [5, 5.41) is 18.2. The predicted octanol–water partition coefficient (Wildman–Crippen LogP) is 3.54. The number of aryl methyl sites for hydroxylation is 2. The molecule has 12 nitrogen and oxygen atoms in total. The van der Waals surface area contributed by atoms with Crippen molar-refractivity contribution >= 4 is 44.7 Å². The van der Waals surface area contributed by atoms with Crippen molar-refractivity contribution in [3.8, 4) is 5.75 Å². The molecule has 3 N–H and O–H groups in total. The summed E-state index contributed by atoms with van der Waals surface area (Å²) in [7, 11) is -2.21. The van der Waals surface area contributed by atoms with Gasteiger partial charge in [0.1, 0.15) is 27.4 Å². The number of nitrogens with zero attached hydrogens (tertiary/aromatic N) is 3. The van der Waals surface area contributed by atoms with Gasteiger partial charge < -0.3 is 29.5 Å². The zero-order valence-corrected chi connectivity index (χ0v) is 24.5. The van der Waals surface area contributed by atoms with Crippen molar-refractivity contribution in [2.45, 2.75) is 44.0 Å². The van der Waals surface area contributed by atoms with E-state index in [4.69, 9.17) is 9.26 Å². The quantitative estimate of drug-likeness (QED) is 0.359. The number of benzene rings is 1. The molecule has 0 spiro atoms. The predicted molar refractivity (Wildman–Crippen MR) is 150 cm³/mol. The van der Waals surface area contributed by atoms with Crippen molar-refractivity contribution in [2.24, 2.45) is 5.92 Å². The van der Waals surface area contributed by atoms with Gasteiger partial charge >= 0.3 is 6.03 Å². The number of aliphatic hydroxyl groups is 1. The van der Waals surface area contributed by atoms with Crippen LogP contribution in [-0.4, -0.2) is 79.3 Å². The van der Waals surface area contributed by atoms with Crippen molar-refractivity contribution in [1.29, 1.82) is 0 Å². The van der Waals surface area contributed by atoms with Gasteiger partial charge in [-0.15, -0.1) is 11.3 Å². The van der Waals surface area contributed by atoms with E-state index in [9.17, 15) is 23.1 Å². The van der Waals surface area contributed by atoms with Crippen LogP contribution < -0.4 is 14.8 Å². The summed E-state index contributed by atoms with van der Waals surface area (Å²) in [5.41, 5.74) is 1.40. The number of urea groups is 1. The van der Waals surface area contributed by atoms with Crippen LogP contribution in [0.2, 0.25) is 0 Å². The monoisotopic (exact) mass is 591 g/mol. The van der Waals surface area contributed by atoms with E-state index in [-0.39, 0.29) is 52.9 Å². The fourth-order valence-electron chi connectivity index (χ4n) is 4.34. The molecule has 0 radical (unpaired) electrons. The molecule has 3 atom stereocenters. The highest BCUT2D eigenvalue weighted by Gasteiger charge is 2.34. The molecule has 0 fully saturated rings. The summed E-state index contributed by atoms with van der Waals surface area (Å²) < 4.78 is 39.6. The van der Waals surface area contributed by atoms with Crippen molar-refractivity contribution < 1.29 is 32.4 Å². The Morgan fingerprint density at radius 2 is 2.08 bits per heavy atom. The number of hydrogen-bond acceptors (Lipinski definition) is 9. The summed E-state index contributed by atoms with van der Waals surface area (Å²) in [6.45, 7) is 7.23. The number of hydrogen-bond donors (Lipinski definition) is 3. The van der Waals surface area contributed by atoms with E-state index in [1.807, 2.05) is 6.92 Å². The highest BCUT2D eigenvalue weighted by Crippen LogP contribution is 2.32. The molecule has 3 amide bonds. The van der Waals surface area contributed by atoms with Crippen LogP contribution in [-0.2, 0) is 10.0 Å². The average molecular weight is 592 g/mol. The Kier molecular flexibility index (Phi) is 8.71. The standard InChI is InChI=1S/C26H33N5O7S2/c1-15-12-31(16(2)14-32)25(33)20-11-19(29-40(35,36)23-7-6-10-39-23)8-9-21(20)37-22(15)13-30(5)26(34)27-24-17(3)28-38-18(24)4/h6-11,15-16,22,29,32H,12-14H2,1-5H3,(H,27,34)/t15-,16+,22+/m1/s1. The number of nitrogens with one attached hydrogen (secondary N) is 2. The first kappa shape index (κ1) is 29.4. The highest BCUT2D eigenvalue weighted by atomic mass is 32.2. The number of sulfonamides is 1. The van der Waals surface area contributed by atoms with Crippen LogP contribution in [0, 0.1) is 19.8 Å². The van der Waals surface area contributed by atoms with E-state index in [1.54, 1.807) is 44.2 Å². The Morgan fingerprint density at radius 1 is 1.32 bits per heavy atom. The van der Waals surface area contributed by atoms with Crippen LogP contribution in [0.5, 0.6) is 5.75 Å². The minimum absolute atomic E-state index is 0.143. The molecule has 40 heavy (non-hydrogen) atoms. The molecule has 1 aliphatic rings. The van der Waals surface area contributed by atoms with Gasteiger partial charge in [-0.05, 0) is 50.4 Å². The maximum Gasteiger partial charge on any atom is 0.321 e. The summed E-state index contributed by atoms with van der Waals surface area (Å²) >= 11 is 1.08. The van der Waals surface area contributed by atoms with Gasteiger partial charge in [0.15, 0.2) is 5.76 Å². The van der Waals surface area contributed by atoms with Crippen LogP contribution in [0.1, 0.15) is 35.7 Å². The number of aliphatic hydroxyl groups excluding tert-OH is 1. The number of likely N-dealkylation sites (N-methyl/N-ethyl adjacent to an activating group) is 1.